The fraction of sp³-hybridized carbons (Fsp3) is 0.923. The zero-order chi connectivity index (χ0) is 13.1. The van der Waals surface area contributed by atoms with Crippen LogP contribution in [-0.4, -0.2) is 61.6 Å². The Morgan fingerprint density at radius 2 is 2.06 bits per heavy atom. The SMILES string of the molecule is CN(C)C(=O)CN1CCC(COC(C)(C)C)C1. The second-order valence-corrected chi connectivity index (χ2v) is 6.10. The third kappa shape index (κ3) is 5.50. The molecule has 1 saturated heterocycles. The topological polar surface area (TPSA) is 32.8 Å². The minimum atomic E-state index is -0.0626. The van der Waals surface area contributed by atoms with Crippen molar-refractivity contribution in [1.82, 2.24) is 9.80 Å². The van der Waals surface area contributed by atoms with Gasteiger partial charge in [-0.3, -0.25) is 9.69 Å². The van der Waals surface area contributed by atoms with E-state index in [0.29, 0.717) is 12.5 Å². The van der Waals surface area contributed by atoms with Crippen LogP contribution in [0.5, 0.6) is 0 Å². The number of likely N-dealkylation sites (N-methyl/N-ethyl adjacent to an activating group) is 1. The summed E-state index contributed by atoms with van der Waals surface area (Å²) in [5.41, 5.74) is -0.0626. The molecule has 1 heterocycles. The van der Waals surface area contributed by atoms with Gasteiger partial charge in [0.25, 0.3) is 0 Å². The van der Waals surface area contributed by atoms with Gasteiger partial charge in [0.05, 0.1) is 18.8 Å². The van der Waals surface area contributed by atoms with Gasteiger partial charge >= 0.3 is 0 Å². The van der Waals surface area contributed by atoms with Gasteiger partial charge in [-0.15, -0.1) is 0 Å². The first-order chi connectivity index (χ1) is 7.78. The van der Waals surface area contributed by atoms with Crippen LogP contribution < -0.4 is 0 Å². The summed E-state index contributed by atoms with van der Waals surface area (Å²) in [5, 5.41) is 0. The minimum absolute atomic E-state index is 0.0626. The lowest BCUT2D eigenvalue weighted by molar-refractivity contribution is -0.129. The maximum absolute atomic E-state index is 11.6. The molecule has 0 aromatic heterocycles. The summed E-state index contributed by atoms with van der Waals surface area (Å²) in [7, 11) is 3.61. The van der Waals surface area contributed by atoms with Crippen LogP contribution in [0.25, 0.3) is 0 Å². The summed E-state index contributed by atoms with van der Waals surface area (Å²) in [4.78, 5) is 15.4. The molecule has 0 bridgehead atoms. The zero-order valence-electron chi connectivity index (χ0n) is 11.8. The molecule has 1 rings (SSSR count). The van der Waals surface area contributed by atoms with Gasteiger partial charge in [-0.25, -0.2) is 0 Å². The molecule has 1 amide bonds. The van der Waals surface area contributed by atoms with Crippen LogP contribution in [0.1, 0.15) is 27.2 Å². The van der Waals surface area contributed by atoms with Gasteiger partial charge in [0.1, 0.15) is 0 Å². The smallest absolute Gasteiger partial charge is 0.236 e. The molecule has 1 aliphatic heterocycles. The lowest BCUT2D eigenvalue weighted by Crippen LogP contribution is -2.35. The fourth-order valence-corrected chi connectivity index (χ4v) is 1.89. The van der Waals surface area contributed by atoms with Crippen LogP contribution in [0, 0.1) is 5.92 Å². The minimum Gasteiger partial charge on any atom is -0.376 e. The Balaban J connectivity index is 2.26. The molecule has 17 heavy (non-hydrogen) atoms. The van der Waals surface area contributed by atoms with E-state index in [-0.39, 0.29) is 11.5 Å². The lowest BCUT2D eigenvalue weighted by atomic mass is 10.1. The quantitative estimate of drug-likeness (QED) is 0.743. The molecular weight excluding hydrogens is 216 g/mol. The summed E-state index contributed by atoms with van der Waals surface area (Å²) in [6.07, 6.45) is 1.14. The van der Waals surface area contributed by atoms with E-state index >= 15 is 0 Å². The highest BCUT2D eigenvalue weighted by Gasteiger charge is 2.25. The number of amides is 1. The van der Waals surface area contributed by atoms with Crippen LogP contribution in [-0.2, 0) is 9.53 Å². The molecular formula is C13H26N2O2. The largest absolute Gasteiger partial charge is 0.376 e. The molecule has 0 aliphatic carbocycles. The van der Waals surface area contributed by atoms with Crippen molar-refractivity contribution in [3.05, 3.63) is 0 Å². The summed E-state index contributed by atoms with van der Waals surface area (Å²) >= 11 is 0. The molecule has 4 heteroatoms. The summed E-state index contributed by atoms with van der Waals surface area (Å²) in [6, 6.07) is 0. The number of likely N-dealkylation sites (tertiary alicyclic amines) is 1. The molecule has 0 saturated carbocycles. The van der Waals surface area contributed by atoms with Crippen LogP contribution in [0.4, 0.5) is 0 Å². The summed E-state index contributed by atoms with van der Waals surface area (Å²) in [5.74, 6) is 0.756. The maximum Gasteiger partial charge on any atom is 0.236 e. The number of hydrogen-bond acceptors (Lipinski definition) is 3. The molecule has 0 N–H and O–H groups in total. The Hall–Kier alpha value is -0.610. The van der Waals surface area contributed by atoms with Crippen LogP contribution in [0.2, 0.25) is 0 Å². The molecule has 1 aliphatic rings. The monoisotopic (exact) mass is 242 g/mol. The first kappa shape index (κ1) is 14.5. The van der Waals surface area contributed by atoms with E-state index in [1.807, 2.05) is 0 Å². The first-order valence-corrected chi connectivity index (χ1v) is 6.34. The van der Waals surface area contributed by atoms with E-state index in [2.05, 4.69) is 25.7 Å². The Labute approximate surface area is 105 Å². The second kappa shape index (κ2) is 5.83. The maximum atomic E-state index is 11.6. The predicted molar refractivity (Wildman–Crippen MR) is 68.9 cm³/mol. The molecule has 0 aromatic rings. The number of ether oxygens (including phenoxy) is 1. The third-order valence-electron chi connectivity index (χ3n) is 2.98. The number of hydrogen-bond donors (Lipinski definition) is 0. The van der Waals surface area contributed by atoms with Crippen LogP contribution in [0.15, 0.2) is 0 Å². The van der Waals surface area contributed by atoms with E-state index in [0.717, 1.165) is 26.1 Å². The average molecular weight is 242 g/mol. The van der Waals surface area contributed by atoms with Gasteiger partial charge in [0.15, 0.2) is 0 Å². The highest BCUT2D eigenvalue weighted by atomic mass is 16.5. The highest BCUT2D eigenvalue weighted by Crippen LogP contribution is 2.19. The van der Waals surface area contributed by atoms with E-state index in [1.165, 1.54) is 0 Å². The summed E-state index contributed by atoms with van der Waals surface area (Å²) < 4.78 is 5.79. The highest BCUT2D eigenvalue weighted by molar-refractivity contribution is 5.77. The Kier molecular flexibility index (Phi) is 4.95. The number of rotatable bonds is 4. The molecule has 1 fully saturated rings. The summed E-state index contributed by atoms with van der Waals surface area (Å²) in [6.45, 7) is 9.57. The van der Waals surface area contributed by atoms with Crippen molar-refractivity contribution in [3.63, 3.8) is 0 Å². The standard InChI is InChI=1S/C13H26N2O2/c1-13(2,3)17-10-11-6-7-15(8-11)9-12(16)14(4)5/h11H,6-10H2,1-5H3. The first-order valence-electron chi connectivity index (χ1n) is 6.34. The Morgan fingerprint density at radius 1 is 1.41 bits per heavy atom. The van der Waals surface area contributed by atoms with Crippen LogP contribution in [0.3, 0.4) is 0 Å². The number of carbonyl (C=O) groups is 1. The predicted octanol–water partition coefficient (Wildman–Crippen LogP) is 1.21. The van der Waals surface area contributed by atoms with Gasteiger partial charge in [0, 0.05) is 20.6 Å². The van der Waals surface area contributed by atoms with Crippen molar-refractivity contribution < 1.29 is 9.53 Å². The zero-order valence-corrected chi connectivity index (χ0v) is 11.8. The molecule has 1 atom stereocenters. The normalized spacial score (nSPS) is 21.8. The van der Waals surface area contributed by atoms with Crippen molar-refractivity contribution >= 4 is 5.91 Å². The van der Waals surface area contributed by atoms with Gasteiger partial charge < -0.3 is 9.64 Å². The molecule has 4 nitrogen and oxygen atoms in total. The average Bonchev–Trinajstić information content (AvgIpc) is 2.61. The van der Waals surface area contributed by atoms with Crippen molar-refractivity contribution in [1.29, 1.82) is 0 Å². The van der Waals surface area contributed by atoms with E-state index in [4.69, 9.17) is 4.74 Å². The van der Waals surface area contributed by atoms with Crippen molar-refractivity contribution in [2.24, 2.45) is 5.92 Å². The van der Waals surface area contributed by atoms with Gasteiger partial charge in [-0.1, -0.05) is 0 Å². The molecule has 0 aromatic carbocycles. The number of nitrogens with zero attached hydrogens (tertiary/aromatic N) is 2. The molecule has 0 radical (unpaired) electrons. The van der Waals surface area contributed by atoms with Crippen LogP contribution >= 0.6 is 0 Å². The van der Waals surface area contributed by atoms with Gasteiger partial charge in [-0.2, -0.15) is 0 Å². The Bertz CT molecular complexity index is 259. The van der Waals surface area contributed by atoms with E-state index in [9.17, 15) is 4.79 Å². The fourth-order valence-electron chi connectivity index (χ4n) is 1.89. The Morgan fingerprint density at radius 3 is 2.59 bits per heavy atom. The van der Waals surface area contributed by atoms with E-state index < -0.39 is 0 Å². The van der Waals surface area contributed by atoms with Crippen molar-refractivity contribution in [3.8, 4) is 0 Å². The van der Waals surface area contributed by atoms with E-state index in [1.54, 1.807) is 19.0 Å². The van der Waals surface area contributed by atoms with Crippen molar-refractivity contribution in [2.75, 3.05) is 40.3 Å². The van der Waals surface area contributed by atoms with Gasteiger partial charge in [0.2, 0.25) is 5.91 Å². The van der Waals surface area contributed by atoms with Crippen molar-refractivity contribution in [2.45, 2.75) is 32.8 Å². The van der Waals surface area contributed by atoms with Gasteiger partial charge in [-0.05, 0) is 39.7 Å². The molecule has 0 spiro atoms. The molecule has 100 valence electrons. The molecule has 1 unspecified atom stereocenters. The second-order valence-electron chi connectivity index (χ2n) is 6.10. The third-order valence-corrected chi connectivity index (χ3v) is 2.98. The lowest BCUT2D eigenvalue weighted by Gasteiger charge is -2.22. The number of carbonyl (C=O) groups excluding carboxylic acids is 1.